The average molecular weight is 587 g/mol. The summed E-state index contributed by atoms with van der Waals surface area (Å²) in [6.45, 7) is 0. The molecule has 3 aliphatic carbocycles. The summed E-state index contributed by atoms with van der Waals surface area (Å²) >= 11 is 0. The number of likely N-dealkylation sites (N-methyl/N-ethyl adjacent to an activating group) is 1. The molecule has 5 atom stereocenters. The molecule has 1 aliphatic heterocycles. The van der Waals surface area contributed by atoms with Gasteiger partial charge in [0.15, 0.2) is 11.6 Å². The van der Waals surface area contributed by atoms with E-state index in [9.17, 15) is 34.5 Å². The Morgan fingerprint density at radius 1 is 1.05 bits per heavy atom. The Morgan fingerprint density at radius 3 is 2.40 bits per heavy atom. The first-order valence-electron chi connectivity index (χ1n) is 13.8. The number of anilines is 1. The molecule has 4 unspecified atom stereocenters. The van der Waals surface area contributed by atoms with Crippen LogP contribution in [0.1, 0.15) is 24.0 Å². The van der Waals surface area contributed by atoms with Gasteiger partial charge in [-0.15, -0.1) is 0 Å². The number of Topliss-reactive ketones (excluding diaryl/α,β-unsaturated/α-hetero) is 2. The monoisotopic (exact) mass is 586 g/mol. The van der Waals surface area contributed by atoms with E-state index in [1.165, 1.54) is 12.3 Å². The number of oxime groups is 1. The van der Waals surface area contributed by atoms with Crippen LogP contribution in [0.2, 0.25) is 0 Å². The minimum absolute atomic E-state index is 0.0217. The maximum absolute atomic E-state index is 13.9. The van der Waals surface area contributed by atoms with E-state index in [1.54, 1.807) is 49.3 Å². The highest BCUT2D eigenvalue weighted by atomic mass is 16.6. The van der Waals surface area contributed by atoms with Crippen molar-refractivity contribution in [3.8, 4) is 16.9 Å². The number of aromatic hydroxyl groups is 1. The second-order valence-electron chi connectivity index (χ2n) is 11.5. The van der Waals surface area contributed by atoms with Gasteiger partial charge in [-0.05, 0) is 73.7 Å². The maximum Gasteiger partial charge on any atom is 0.268 e. The number of rotatable bonds is 5. The number of phenolic OH excluding ortho intramolecular Hbond substituents is 1. The molecule has 4 aliphatic rings. The van der Waals surface area contributed by atoms with Gasteiger partial charge in [0.2, 0.25) is 6.10 Å². The van der Waals surface area contributed by atoms with Crippen molar-refractivity contribution in [2.45, 2.75) is 31.4 Å². The largest absolute Gasteiger partial charge is 0.510 e. The van der Waals surface area contributed by atoms with Gasteiger partial charge in [0, 0.05) is 23.9 Å². The van der Waals surface area contributed by atoms with Crippen molar-refractivity contribution in [3.05, 3.63) is 64.4 Å². The van der Waals surface area contributed by atoms with Crippen LogP contribution in [-0.2, 0) is 30.4 Å². The summed E-state index contributed by atoms with van der Waals surface area (Å²) in [5, 5.41) is 39.6. The zero-order chi connectivity index (χ0) is 30.7. The minimum atomic E-state index is -1.31. The fraction of sp³-hybridized carbons (Fsp3) is 0.323. The van der Waals surface area contributed by atoms with Crippen molar-refractivity contribution in [2.24, 2.45) is 28.6 Å². The van der Waals surface area contributed by atoms with Gasteiger partial charge in [0.1, 0.15) is 22.8 Å². The van der Waals surface area contributed by atoms with Gasteiger partial charge in [0.05, 0.1) is 17.5 Å². The number of hydrogen-bond acceptors (Lipinski definition) is 10. The Labute approximate surface area is 246 Å². The van der Waals surface area contributed by atoms with Crippen molar-refractivity contribution < 1.29 is 39.3 Å². The molecule has 1 heterocycles. The number of carbonyl (C=O) groups is 4. The number of fused-ring (bicyclic) bond motifs is 3. The van der Waals surface area contributed by atoms with Gasteiger partial charge in [-0.2, -0.15) is 0 Å². The summed E-state index contributed by atoms with van der Waals surface area (Å²) in [5.74, 6) is -6.54. The zero-order valence-electron chi connectivity index (χ0n) is 23.4. The number of amides is 2. The average Bonchev–Trinajstić information content (AvgIpc) is 3.48. The zero-order valence-corrected chi connectivity index (χ0v) is 23.4. The van der Waals surface area contributed by atoms with Crippen LogP contribution in [0.5, 0.6) is 5.75 Å². The number of nitrogens with zero attached hydrogens (tertiary/aromatic N) is 2. The Hall–Kier alpha value is -4.97. The molecule has 6 N–H and O–H groups in total. The summed E-state index contributed by atoms with van der Waals surface area (Å²) in [6.07, 6.45) is 1.76. The molecule has 2 amide bonds. The smallest absolute Gasteiger partial charge is 0.268 e. The number of primary amides is 1. The SMILES string of the molecule is CN(C)[C@@H]1C(O)=C(C(N)=O)C(=O)C2C(=O)C3=C(O)c4c(O)ccc(-c5ccc(NC(=O)C6CC=NO6)cc5)c4CC3CC21. The molecule has 0 radical (unpaired) electrons. The van der Waals surface area contributed by atoms with Gasteiger partial charge in [-0.1, -0.05) is 23.4 Å². The van der Waals surface area contributed by atoms with Crippen LogP contribution in [0.3, 0.4) is 0 Å². The first-order valence-corrected chi connectivity index (χ1v) is 13.8. The third-order valence-electron chi connectivity index (χ3n) is 8.79. The second kappa shape index (κ2) is 10.4. The maximum atomic E-state index is 13.9. The van der Waals surface area contributed by atoms with Crippen LogP contribution in [0.25, 0.3) is 16.9 Å². The lowest BCUT2D eigenvalue weighted by Crippen LogP contribution is -2.55. The number of nitrogens with one attached hydrogen (secondary N) is 1. The standard InChI is InChI=1S/C31H30N4O8/c1-35(2)25-18-12-14-11-17-16(13-3-5-15(6-4-13)34-31(42)20-9-10-33-43-20)7-8-19(36)22(17)26(37)21(14)27(38)23(18)28(39)24(29(25)40)30(32)41/h3-8,10,14,18,20,23,25,36-37,40H,9,11-12H2,1-2H3,(H2,32,41)(H,34,42)/t14?,18?,20?,23?,25-/m0/s1. The number of aliphatic hydroxyl groups excluding tert-OH is 2. The number of ketones is 2. The van der Waals surface area contributed by atoms with Gasteiger partial charge in [0.25, 0.3) is 11.8 Å². The minimum Gasteiger partial charge on any atom is -0.510 e. The number of aliphatic hydroxyl groups is 2. The molecule has 2 aromatic rings. The summed E-state index contributed by atoms with van der Waals surface area (Å²) in [4.78, 5) is 58.4. The van der Waals surface area contributed by atoms with Crippen LogP contribution < -0.4 is 11.1 Å². The van der Waals surface area contributed by atoms with Gasteiger partial charge in [-0.25, -0.2) is 0 Å². The molecule has 0 aromatic heterocycles. The molecule has 1 fully saturated rings. The lowest BCUT2D eigenvalue weighted by Gasteiger charge is -2.46. The molecule has 2 aromatic carbocycles. The number of phenols is 1. The van der Waals surface area contributed by atoms with E-state index in [-0.39, 0.29) is 35.6 Å². The number of carbonyl (C=O) groups excluding carboxylic acids is 4. The lowest BCUT2D eigenvalue weighted by molar-refractivity contribution is -0.137. The first kappa shape index (κ1) is 28.2. The van der Waals surface area contributed by atoms with Gasteiger partial charge >= 0.3 is 0 Å². The van der Waals surface area contributed by atoms with E-state index in [4.69, 9.17) is 10.6 Å². The normalized spacial score (nSPS) is 26.2. The molecule has 12 heteroatoms. The highest BCUT2D eigenvalue weighted by Crippen LogP contribution is 2.51. The van der Waals surface area contributed by atoms with E-state index >= 15 is 0 Å². The summed E-state index contributed by atoms with van der Waals surface area (Å²) < 4.78 is 0. The predicted molar refractivity (Wildman–Crippen MR) is 155 cm³/mol. The Bertz CT molecular complexity index is 1660. The number of nitrogens with two attached hydrogens (primary N) is 1. The number of hydrogen-bond donors (Lipinski definition) is 5. The molecule has 0 bridgehead atoms. The van der Waals surface area contributed by atoms with Crippen LogP contribution in [0.4, 0.5) is 5.69 Å². The van der Waals surface area contributed by atoms with Crippen molar-refractivity contribution >= 4 is 41.0 Å². The molecule has 0 spiro atoms. The van der Waals surface area contributed by atoms with Crippen molar-refractivity contribution in [2.75, 3.05) is 19.4 Å². The van der Waals surface area contributed by atoms with E-state index in [1.807, 2.05) is 0 Å². The Balaban J connectivity index is 1.37. The summed E-state index contributed by atoms with van der Waals surface area (Å²) in [7, 11) is 3.35. The summed E-state index contributed by atoms with van der Waals surface area (Å²) in [6, 6.07) is 9.37. The molecular weight excluding hydrogens is 556 g/mol. The predicted octanol–water partition coefficient (Wildman–Crippen LogP) is 2.23. The van der Waals surface area contributed by atoms with E-state index in [0.29, 0.717) is 23.2 Å². The van der Waals surface area contributed by atoms with Crippen molar-refractivity contribution in [1.82, 2.24) is 4.90 Å². The lowest BCUT2D eigenvalue weighted by atomic mass is 9.59. The molecule has 222 valence electrons. The molecule has 0 saturated heterocycles. The van der Waals surface area contributed by atoms with Crippen molar-refractivity contribution in [1.29, 1.82) is 0 Å². The van der Waals surface area contributed by atoms with Crippen LogP contribution in [-0.4, -0.2) is 76.1 Å². The van der Waals surface area contributed by atoms with Crippen molar-refractivity contribution in [3.63, 3.8) is 0 Å². The highest BCUT2D eigenvalue weighted by Gasteiger charge is 2.55. The fourth-order valence-corrected chi connectivity index (χ4v) is 6.95. The Kier molecular flexibility index (Phi) is 6.80. The molecule has 12 nitrogen and oxygen atoms in total. The topological polar surface area (TPSA) is 192 Å². The first-order chi connectivity index (χ1) is 20.5. The quantitative estimate of drug-likeness (QED) is 0.258. The molecule has 6 rings (SSSR count). The number of allylic oxidation sites excluding steroid dienone is 1. The second-order valence-corrected chi connectivity index (χ2v) is 11.5. The molecule has 1 saturated carbocycles. The van der Waals surface area contributed by atoms with Crippen LogP contribution in [0.15, 0.2) is 58.5 Å². The van der Waals surface area contributed by atoms with Crippen LogP contribution >= 0.6 is 0 Å². The van der Waals surface area contributed by atoms with E-state index < -0.39 is 64.5 Å². The number of benzene rings is 2. The van der Waals surface area contributed by atoms with Crippen LogP contribution in [0, 0.1) is 17.8 Å². The van der Waals surface area contributed by atoms with E-state index in [2.05, 4.69) is 10.5 Å². The Morgan fingerprint density at radius 2 is 1.77 bits per heavy atom. The van der Waals surface area contributed by atoms with Gasteiger partial charge < -0.3 is 31.2 Å². The molecule has 43 heavy (non-hydrogen) atoms. The van der Waals surface area contributed by atoms with E-state index in [0.717, 1.165) is 5.56 Å². The molecular formula is C31H30N4O8. The highest BCUT2D eigenvalue weighted by molar-refractivity contribution is 6.28. The van der Waals surface area contributed by atoms with Gasteiger partial charge in [-0.3, -0.25) is 24.1 Å². The summed E-state index contributed by atoms with van der Waals surface area (Å²) in [5.41, 5.74) is 7.57. The third kappa shape index (κ3) is 4.45. The third-order valence-corrected chi connectivity index (χ3v) is 8.79. The fourth-order valence-electron chi connectivity index (χ4n) is 6.95.